The minimum Gasteiger partial charge on any atom is -0.480 e. The fourth-order valence-corrected chi connectivity index (χ4v) is 1.80. The highest BCUT2D eigenvalue weighted by atomic mass is 32.2. The lowest BCUT2D eigenvalue weighted by molar-refractivity contribution is -0.137. The van der Waals surface area contributed by atoms with E-state index in [9.17, 15) is 9.59 Å². The molecule has 0 unspecified atom stereocenters. The van der Waals surface area contributed by atoms with Gasteiger partial charge in [0, 0.05) is 11.7 Å². The Kier molecular flexibility index (Phi) is 5.77. The monoisotopic (exact) mass is 288 g/mol. The first-order valence-electron chi connectivity index (χ1n) is 5.59. The summed E-state index contributed by atoms with van der Waals surface area (Å²) in [5, 5.41) is 18.4. The van der Waals surface area contributed by atoms with Gasteiger partial charge in [-0.3, -0.25) is 14.9 Å². The van der Waals surface area contributed by atoms with Gasteiger partial charge in [-0.05, 0) is 0 Å². The fraction of sp³-hybridized carbons (Fsp3) is 0.600. The Morgan fingerprint density at radius 3 is 2.68 bits per heavy atom. The Labute approximate surface area is 114 Å². The van der Waals surface area contributed by atoms with E-state index < -0.39 is 12.0 Å². The Morgan fingerprint density at radius 2 is 2.16 bits per heavy atom. The third-order valence-electron chi connectivity index (χ3n) is 2.03. The van der Waals surface area contributed by atoms with E-state index in [0.717, 1.165) is 11.8 Å². The zero-order valence-corrected chi connectivity index (χ0v) is 11.4. The molecule has 4 N–H and O–H groups in total. The Bertz CT molecular complexity index is 448. The maximum absolute atomic E-state index is 11.5. The molecule has 0 fully saturated rings. The van der Waals surface area contributed by atoms with Gasteiger partial charge in [-0.15, -0.1) is 16.9 Å². The van der Waals surface area contributed by atoms with Crippen LogP contribution in [0.15, 0.2) is 4.42 Å². The second-order valence-corrected chi connectivity index (χ2v) is 5.14. The minimum absolute atomic E-state index is 0.0387. The molecule has 0 aromatic carbocycles. The van der Waals surface area contributed by atoms with Crippen LogP contribution < -0.4 is 11.1 Å². The van der Waals surface area contributed by atoms with E-state index in [4.69, 9.17) is 15.3 Å². The first-order chi connectivity index (χ1) is 8.90. The average molecular weight is 288 g/mol. The number of rotatable bonds is 7. The highest BCUT2D eigenvalue weighted by molar-refractivity contribution is 8.00. The standard InChI is InChI=1S/C10H16N4O4S/c1-5(2)8-13-14-10(18-8)12-7(15)4-19-3-6(11)9(16)17/h5-6H,3-4,11H2,1-2H3,(H,16,17)(H,12,14,15)/t6-/m0/s1. The lowest BCUT2D eigenvalue weighted by atomic mass is 10.2. The van der Waals surface area contributed by atoms with Gasteiger partial charge in [0.1, 0.15) is 6.04 Å². The first-order valence-corrected chi connectivity index (χ1v) is 6.75. The maximum Gasteiger partial charge on any atom is 0.322 e. The topological polar surface area (TPSA) is 131 Å². The number of carboxylic acids is 1. The van der Waals surface area contributed by atoms with E-state index in [0.29, 0.717) is 5.89 Å². The summed E-state index contributed by atoms with van der Waals surface area (Å²) in [6.45, 7) is 3.78. The highest BCUT2D eigenvalue weighted by Crippen LogP contribution is 2.15. The molecule has 0 spiro atoms. The van der Waals surface area contributed by atoms with Crippen molar-refractivity contribution in [2.75, 3.05) is 16.8 Å². The van der Waals surface area contributed by atoms with Gasteiger partial charge < -0.3 is 15.3 Å². The van der Waals surface area contributed by atoms with Gasteiger partial charge in [0.15, 0.2) is 0 Å². The van der Waals surface area contributed by atoms with Crippen molar-refractivity contribution in [3.05, 3.63) is 5.89 Å². The number of anilines is 1. The quantitative estimate of drug-likeness (QED) is 0.651. The molecule has 1 aromatic heterocycles. The van der Waals surface area contributed by atoms with E-state index in [-0.39, 0.29) is 29.3 Å². The van der Waals surface area contributed by atoms with Gasteiger partial charge in [0.25, 0.3) is 0 Å². The number of hydrogen-bond donors (Lipinski definition) is 3. The van der Waals surface area contributed by atoms with Crippen LogP contribution in [-0.4, -0.2) is 44.7 Å². The van der Waals surface area contributed by atoms with Gasteiger partial charge in [0.05, 0.1) is 5.75 Å². The molecule has 0 saturated heterocycles. The van der Waals surface area contributed by atoms with Crippen LogP contribution in [-0.2, 0) is 9.59 Å². The number of aliphatic carboxylic acids is 1. The van der Waals surface area contributed by atoms with Crippen LogP contribution in [0.4, 0.5) is 6.01 Å². The van der Waals surface area contributed by atoms with Crippen molar-refractivity contribution >= 4 is 29.7 Å². The molecule has 1 amide bonds. The number of thioether (sulfide) groups is 1. The number of amides is 1. The van der Waals surface area contributed by atoms with Gasteiger partial charge >= 0.3 is 12.0 Å². The van der Waals surface area contributed by atoms with E-state index in [1.807, 2.05) is 13.8 Å². The van der Waals surface area contributed by atoms with E-state index in [1.165, 1.54) is 0 Å². The number of nitrogens with two attached hydrogens (primary N) is 1. The number of hydrogen-bond acceptors (Lipinski definition) is 7. The maximum atomic E-state index is 11.5. The molecule has 0 aliphatic heterocycles. The molecule has 0 aliphatic rings. The van der Waals surface area contributed by atoms with Crippen molar-refractivity contribution in [2.24, 2.45) is 5.73 Å². The van der Waals surface area contributed by atoms with Gasteiger partial charge in [-0.25, -0.2) is 0 Å². The van der Waals surface area contributed by atoms with Crippen molar-refractivity contribution in [3.8, 4) is 0 Å². The lowest BCUT2D eigenvalue weighted by Gasteiger charge is -2.05. The summed E-state index contributed by atoms with van der Waals surface area (Å²) in [5.74, 6) is -0.686. The van der Waals surface area contributed by atoms with Crippen LogP contribution >= 0.6 is 11.8 Å². The normalized spacial score (nSPS) is 12.4. The van der Waals surface area contributed by atoms with Crippen molar-refractivity contribution in [1.82, 2.24) is 10.2 Å². The van der Waals surface area contributed by atoms with Crippen LogP contribution in [0.5, 0.6) is 0 Å². The van der Waals surface area contributed by atoms with Crippen molar-refractivity contribution in [3.63, 3.8) is 0 Å². The number of nitrogens with one attached hydrogen (secondary N) is 1. The predicted molar refractivity (Wildman–Crippen MR) is 70.0 cm³/mol. The second-order valence-electron chi connectivity index (χ2n) is 4.11. The van der Waals surface area contributed by atoms with E-state index >= 15 is 0 Å². The molecular formula is C10H16N4O4S. The summed E-state index contributed by atoms with van der Waals surface area (Å²) < 4.78 is 5.20. The average Bonchev–Trinajstić information content (AvgIpc) is 2.77. The third-order valence-corrected chi connectivity index (χ3v) is 3.09. The lowest BCUT2D eigenvalue weighted by Crippen LogP contribution is -2.33. The summed E-state index contributed by atoms with van der Waals surface area (Å²) in [4.78, 5) is 22.0. The molecular weight excluding hydrogens is 272 g/mol. The number of carbonyl (C=O) groups is 2. The van der Waals surface area contributed by atoms with Crippen molar-refractivity contribution in [1.29, 1.82) is 0 Å². The fourth-order valence-electron chi connectivity index (χ4n) is 1.02. The molecule has 1 atom stereocenters. The van der Waals surface area contributed by atoms with E-state index in [1.54, 1.807) is 0 Å². The van der Waals surface area contributed by atoms with Gasteiger partial charge in [-0.1, -0.05) is 18.9 Å². The summed E-state index contributed by atoms with van der Waals surface area (Å²) in [6.07, 6.45) is 0. The molecule has 106 valence electrons. The van der Waals surface area contributed by atoms with Crippen LogP contribution in [0.1, 0.15) is 25.7 Å². The number of carbonyl (C=O) groups excluding carboxylic acids is 1. The van der Waals surface area contributed by atoms with Crippen LogP contribution in [0.25, 0.3) is 0 Å². The molecule has 0 bridgehead atoms. The largest absolute Gasteiger partial charge is 0.480 e. The molecule has 1 heterocycles. The zero-order chi connectivity index (χ0) is 14.4. The van der Waals surface area contributed by atoms with Crippen LogP contribution in [0.2, 0.25) is 0 Å². The Balaban J connectivity index is 2.32. The SMILES string of the molecule is CC(C)c1nnc(NC(=O)CSC[C@H](N)C(=O)O)o1. The van der Waals surface area contributed by atoms with Crippen LogP contribution in [0.3, 0.4) is 0 Å². The van der Waals surface area contributed by atoms with E-state index in [2.05, 4.69) is 15.5 Å². The molecule has 0 radical (unpaired) electrons. The summed E-state index contributed by atoms with van der Waals surface area (Å²) >= 11 is 1.12. The molecule has 9 heteroatoms. The summed E-state index contributed by atoms with van der Waals surface area (Å²) in [6, 6.07) is -0.939. The third kappa shape index (κ3) is 5.26. The predicted octanol–water partition coefficient (Wildman–Crippen LogP) is 0.277. The van der Waals surface area contributed by atoms with Crippen molar-refractivity contribution < 1.29 is 19.1 Å². The minimum atomic E-state index is -1.09. The highest BCUT2D eigenvalue weighted by Gasteiger charge is 2.14. The number of aromatic nitrogens is 2. The first kappa shape index (κ1) is 15.4. The molecule has 1 aromatic rings. The molecule has 0 saturated carbocycles. The Morgan fingerprint density at radius 1 is 1.47 bits per heavy atom. The molecule has 1 rings (SSSR count). The van der Waals surface area contributed by atoms with Crippen molar-refractivity contribution in [2.45, 2.75) is 25.8 Å². The smallest absolute Gasteiger partial charge is 0.322 e. The van der Waals surface area contributed by atoms with Gasteiger partial charge in [0.2, 0.25) is 11.8 Å². The Hall–Kier alpha value is -1.61. The zero-order valence-electron chi connectivity index (χ0n) is 10.6. The summed E-state index contributed by atoms with van der Waals surface area (Å²) in [5.41, 5.74) is 5.30. The molecule has 0 aliphatic carbocycles. The van der Waals surface area contributed by atoms with Gasteiger partial charge in [-0.2, -0.15) is 0 Å². The number of nitrogens with zero attached hydrogens (tertiary/aromatic N) is 2. The second kappa shape index (κ2) is 7.10. The molecule has 19 heavy (non-hydrogen) atoms. The molecule has 8 nitrogen and oxygen atoms in total. The number of carboxylic acid groups (broad SMARTS) is 1. The van der Waals surface area contributed by atoms with Crippen LogP contribution in [0, 0.1) is 0 Å². The summed E-state index contributed by atoms with van der Waals surface area (Å²) in [7, 11) is 0.